The van der Waals surface area contributed by atoms with E-state index in [1.54, 1.807) is 14.0 Å². The van der Waals surface area contributed by atoms with Crippen molar-refractivity contribution < 1.29 is 43.7 Å². The topological polar surface area (TPSA) is 125 Å². The van der Waals surface area contributed by atoms with Crippen molar-refractivity contribution in [1.82, 2.24) is 5.32 Å². The monoisotopic (exact) mass is 659 g/mol. The van der Waals surface area contributed by atoms with Crippen LogP contribution in [0, 0.1) is 17.8 Å². The first-order valence-electron chi connectivity index (χ1n) is 17.2. The van der Waals surface area contributed by atoms with E-state index in [1.165, 1.54) is 5.57 Å². The number of aliphatic hydroxyl groups excluding tert-OH is 2. The standard InChI is InChI=1S/C37H57NO9/c1-23-14-17-32(46-33-20-37(6,42-7)36(41)27(5)45-33)26(4)47-44-22-31(39)35(25(3)34(40)24(2)19-23)43-18-10-11-28-15-16-29-12-8-9-13-30(29)38-21-28/h8-13,16,21,23-27,30-33,35-36,38-39,41H,14-15,17-20,22H2,1-7H3/b11-10+/t23-,24-,25?,26?,27?,30?,31?,32+,33+,35?,36+,37-/m1/s1. The van der Waals surface area contributed by atoms with Crippen molar-refractivity contribution in [3.05, 3.63) is 59.9 Å². The van der Waals surface area contributed by atoms with Crippen LogP contribution in [0.25, 0.3) is 0 Å². The molecule has 3 N–H and O–H groups in total. The molecule has 264 valence electrons. The van der Waals surface area contributed by atoms with E-state index in [2.05, 4.69) is 30.5 Å². The minimum Gasteiger partial charge on any atom is -0.388 e. The van der Waals surface area contributed by atoms with Gasteiger partial charge in [-0.25, -0.2) is 9.78 Å². The maximum Gasteiger partial charge on any atom is 0.161 e. The number of rotatable bonds is 7. The quantitative estimate of drug-likeness (QED) is 0.326. The molecule has 0 saturated carbocycles. The molecule has 10 nitrogen and oxygen atoms in total. The Balaban J connectivity index is 1.40. The third-order valence-electron chi connectivity index (χ3n) is 10.1. The number of fused-ring (bicyclic) bond motifs is 1. The van der Waals surface area contributed by atoms with Gasteiger partial charge in [0, 0.05) is 31.6 Å². The molecule has 0 radical (unpaired) electrons. The molecule has 10 heteroatoms. The van der Waals surface area contributed by atoms with E-state index in [9.17, 15) is 15.0 Å². The molecule has 12 atom stereocenters. The Morgan fingerprint density at radius 1 is 1.11 bits per heavy atom. The van der Waals surface area contributed by atoms with Crippen LogP contribution in [-0.4, -0.2) is 90.9 Å². The van der Waals surface area contributed by atoms with Crippen molar-refractivity contribution in [2.45, 2.75) is 128 Å². The Kier molecular flexibility index (Phi) is 14.0. The summed E-state index contributed by atoms with van der Waals surface area (Å²) >= 11 is 0. The van der Waals surface area contributed by atoms with Crippen LogP contribution in [0.15, 0.2) is 59.9 Å². The summed E-state index contributed by atoms with van der Waals surface area (Å²) < 4.78 is 24.3. The zero-order chi connectivity index (χ0) is 34.1. The summed E-state index contributed by atoms with van der Waals surface area (Å²) in [4.78, 5) is 24.9. The lowest BCUT2D eigenvalue weighted by molar-refractivity contribution is -0.362. The molecule has 2 fully saturated rings. The fourth-order valence-corrected chi connectivity index (χ4v) is 6.94. The maximum absolute atomic E-state index is 13.6. The predicted molar refractivity (Wildman–Crippen MR) is 179 cm³/mol. The third-order valence-corrected chi connectivity index (χ3v) is 10.1. The van der Waals surface area contributed by atoms with Crippen LogP contribution in [0.4, 0.5) is 0 Å². The summed E-state index contributed by atoms with van der Waals surface area (Å²) in [5.74, 6) is -0.461. The number of carbonyl (C=O) groups is 1. The van der Waals surface area contributed by atoms with E-state index in [1.807, 2.05) is 58.2 Å². The first kappa shape index (κ1) is 37.7. The van der Waals surface area contributed by atoms with Gasteiger partial charge in [0.25, 0.3) is 0 Å². The molecule has 6 unspecified atom stereocenters. The second-order valence-electron chi connectivity index (χ2n) is 14.0. The Hall–Kier alpha value is -2.15. The number of aliphatic hydroxyl groups is 2. The highest BCUT2D eigenvalue weighted by molar-refractivity contribution is 5.83. The largest absolute Gasteiger partial charge is 0.388 e. The summed E-state index contributed by atoms with van der Waals surface area (Å²) in [5.41, 5.74) is 1.53. The van der Waals surface area contributed by atoms with Gasteiger partial charge in [0.15, 0.2) is 6.29 Å². The average Bonchev–Trinajstić information content (AvgIpc) is 3.26. The second-order valence-corrected chi connectivity index (χ2v) is 14.0. The zero-order valence-corrected chi connectivity index (χ0v) is 29.2. The molecular weight excluding hydrogens is 602 g/mol. The number of ketones is 1. The minimum absolute atomic E-state index is 0.0528. The van der Waals surface area contributed by atoms with Crippen LogP contribution in [-0.2, 0) is 33.5 Å². The van der Waals surface area contributed by atoms with Gasteiger partial charge in [-0.05, 0) is 63.5 Å². The fraction of sp³-hybridized carbons (Fsp3) is 0.703. The molecule has 2 saturated heterocycles. The van der Waals surface area contributed by atoms with Crippen molar-refractivity contribution in [2.24, 2.45) is 17.8 Å². The van der Waals surface area contributed by atoms with Gasteiger partial charge < -0.3 is 34.5 Å². The summed E-state index contributed by atoms with van der Waals surface area (Å²) in [6, 6.07) is 0.176. The Morgan fingerprint density at radius 2 is 1.89 bits per heavy atom. The van der Waals surface area contributed by atoms with E-state index >= 15 is 0 Å². The minimum atomic E-state index is -1.10. The number of ether oxygens (including phenoxy) is 4. The lowest BCUT2D eigenvalue weighted by Crippen LogP contribution is -2.57. The number of Topliss-reactive ketones (excluding diaryl/α,β-unsaturated/α-hetero) is 1. The van der Waals surface area contributed by atoms with Gasteiger partial charge in [0.1, 0.15) is 30.7 Å². The van der Waals surface area contributed by atoms with Crippen molar-refractivity contribution in [1.29, 1.82) is 0 Å². The van der Waals surface area contributed by atoms with Gasteiger partial charge in [-0.2, -0.15) is 0 Å². The van der Waals surface area contributed by atoms with Gasteiger partial charge in [0.2, 0.25) is 0 Å². The molecule has 0 bridgehead atoms. The molecule has 4 rings (SSSR count). The number of hydrogen-bond acceptors (Lipinski definition) is 10. The van der Waals surface area contributed by atoms with E-state index in [4.69, 9.17) is 28.7 Å². The van der Waals surface area contributed by atoms with E-state index in [0.29, 0.717) is 19.3 Å². The highest BCUT2D eigenvalue weighted by Crippen LogP contribution is 2.34. The predicted octanol–water partition coefficient (Wildman–Crippen LogP) is 4.87. The molecule has 1 aliphatic carbocycles. The molecular formula is C37H57NO9. The van der Waals surface area contributed by atoms with Gasteiger partial charge in [0.05, 0.1) is 36.6 Å². The van der Waals surface area contributed by atoms with E-state index in [0.717, 1.165) is 18.4 Å². The molecule has 0 aromatic heterocycles. The normalized spacial score (nSPS) is 41.0. The van der Waals surface area contributed by atoms with Crippen molar-refractivity contribution >= 4 is 5.78 Å². The molecule has 3 aliphatic heterocycles. The SMILES string of the molecule is CO[C@]1(C)C[C@H](O[C@H]2CC[C@@H](C)C[C@@H](C)C(=O)C(C)C(OC/C=C/C3=CNC4C=CC=CC4=CC3)C(O)COOC2C)OC(C)[C@@H]1O. The number of methoxy groups -OCH3 is 1. The number of carbonyl (C=O) groups excluding carboxylic acids is 1. The lowest BCUT2D eigenvalue weighted by Gasteiger charge is -2.45. The smallest absolute Gasteiger partial charge is 0.161 e. The summed E-state index contributed by atoms with van der Waals surface area (Å²) in [6.45, 7) is 11.5. The van der Waals surface area contributed by atoms with E-state index in [-0.39, 0.29) is 36.9 Å². The highest BCUT2D eigenvalue weighted by atomic mass is 17.2. The Labute approximate surface area is 280 Å². The van der Waals surface area contributed by atoms with Crippen LogP contribution >= 0.6 is 0 Å². The van der Waals surface area contributed by atoms with Crippen molar-refractivity contribution in [3.8, 4) is 0 Å². The molecule has 0 aromatic carbocycles. The van der Waals surface area contributed by atoms with Crippen LogP contribution in [0.3, 0.4) is 0 Å². The van der Waals surface area contributed by atoms with Crippen molar-refractivity contribution in [2.75, 3.05) is 20.3 Å². The maximum atomic E-state index is 13.6. The Bertz CT molecular complexity index is 1180. The van der Waals surface area contributed by atoms with Gasteiger partial charge >= 0.3 is 0 Å². The van der Waals surface area contributed by atoms with Crippen LogP contribution in [0.2, 0.25) is 0 Å². The molecule has 0 amide bonds. The summed E-state index contributed by atoms with van der Waals surface area (Å²) in [5, 5.41) is 25.3. The van der Waals surface area contributed by atoms with Crippen molar-refractivity contribution in [3.63, 3.8) is 0 Å². The number of hydrogen-bond donors (Lipinski definition) is 3. The second kappa shape index (κ2) is 17.5. The molecule has 0 aromatic rings. The first-order chi connectivity index (χ1) is 22.4. The summed E-state index contributed by atoms with van der Waals surface area (Å²) in [7, 11) is 1.58. The highest BCUT2D eigenvalue weighted by Gasteiger charge is 2.46. The molecule has 0 spiro atoms. The third kappa shape index (κ3) is 10.2. The Morgan fingerprint density at radius 3 is 2.66 bits per heavy atom. The first-order valence-corrected chi connectivity index (χ1v) is 17.2. The molecule has 3 heterocycles. The number of nitrogens with one attached hydrogen (secondary N) is 1. The number of allylic oxidation sites excluding steroid dienone is 5. The average molecular weight is 660 g/mol. The van der Waals surface area contributed by atoms with Gasteiger partial charge in [-0.3, -0.25) is 4.79 Å². The molecule has 4 aliphatic rings. The van der Waals surface area contributed by atoms with Gasteiger partial charge in [-0.15, -0.1) is 0 Å². The molecule has 47 heavy (non-hydrogen) atoms. The van der Waals surface area contributed by atoms with E-state index < -0.39 is 54.4 Å². The van der Waals surface area contributed by atoms with Gasteiger partial charge in [-0.1, -0.05) is 63.3 Å². The van der Waals surface area contributed by atoms with Crippen LogP contribution < -0.4 is 5.32 Å². The summed E-state index contributed by atoms with van der Waals surface area (Å²) in [6.07, 6.45) is 15.1. The fourth-order valence-electron chi connectivity index (χ4n) is 6.94. The van der Waals surface area contributed by atoms with Crippen LogP contribution in [0.1, 0.15) is 73.6 Å². The van der Waals surface area contributed by atoms with Crippen LogP contribution in [0.5, 0.6) is 0 Å². The lowest BCUT2D eigenvalue weighted by atomic mass is 9.83. The zero-order valence-electron chi connectivity index (χ0n) is 29.2.